The number of carbonyl (C=O) groups is 1. The van der Waals surface area contributed by atoms with Crippen LogP contribution in [0.2, 0.25) is 0 Å². The molecule has 8 nitrogen and oxygen atoms in total. The van der Waals surface area contributed by atoms with Gasteiger partial charge in [-0.2, -0.15) is 0 Å². The van der Waals surface area contributed by atoms with Crippen LogP contribution in [-0.2, 0) is 16.1 Å². The molecule has 8 heteroatoms. The lowest BCUT2D eigenvalue weighted by Crippen LogP contribution is -2.28. The number of aromatic nitrogens is 2. The molecule has 2 rings (SSSR count). The van der Waals surface area contributed by atoms with Gasteiger partial charge in [-0.15, -0.1) is 0 Å². The summed E-state index contributed by atoms with van der Waals surface area (Å²) in [7, 11) is 0. The van der Waals surface area contributed by atoms with Gasteiger partial charge in [-0.1, -0.05) is 0 Å². The highest BCUT2D eigenvalue weighted by molar-refractivity contribution is 6.01. The van der Waals surface area contributed by atoms with Gasteiger partial charge in [0, 0.05) is 23.6 Å². The average Bonchev–Trinajstić information content (AvgIpc) is 2.57. The van der Waals surface area contributed by atoms with Gasteiger partial charge in [0.05, 0.1) is 0 Å². The summed E-state index contributed by atoms with van der Waals surface area (Å²) in [5.74, 6) is 0.529. The maximum atomic E-state index is 11.8. The number of hydrogen-bond acceptors (Lipinski definition) is 7. The molecule has 26 heavy (non-hydrogen) atoms. The number of rotatable bonds is 7. The maximum absolute atomic E-state index is 11.8. The molecular formula is C18H23N5O3. The largest absolute Gasteiger partial charge is 0.486 e. The van der Waals surface area contributed by atoms with Gasteiger partial charge in [-0.3, -0.25) is 10.2 Å². The first-order valence-electron chi connectivity index (χ1n) is 8.07. The normalized spacial score (nSPS) is 10.9. The van der Waals surface area contributed by atoms with Gasteiger partial charge in [0.25, 0.3) is 0 Å². The second kappa shape index (κ2) is 8.28. The van der Waals surface area contributed by atoms with Gasteiger partial charge in [-0.05, 0) is 45.0 Å². The Balaban J connectivity index is 2.03. The van der Waals surface area contributed by atoms with Crippen molar-refractivity contribution < 1.29 is 14.3 Å². The van der Waals surface area contributed by atoms with Crippen LogP contribution in [0.1, 0.15) is 32.2 Å². The van der Waals surface area contributed by atoms with E-state index in [2.05, 4.69) is 15.3 Å². The molecule has 1 heterocycles. The molecule has 0 radical (unpaired) electrons. The number of nitrogens with two attached hydrogens (primary N) is 1. The van der Waals surface area contributed by atoms with Crippen molar-refractivity contribution in [2.45, 2.75) is 33.0 Å². The van der Waals surface area contributed by atoms with Crippen molar-refractivity contribution >= 4 is 17.5 Å². The van der Waals surface area contributed by atoms with Crippen molar-refractivity contribution in [2.24, 2.45) is 5.73 Å². The summed E-state index contributed by atoms with van der Waals surface area (Å²) in [4.78, 5) is 20.0. The minimum absolute atomic E-state index is 0.0321. The lowest BCUT2D eigenvalue weighted by Gasteiger charge is -2.20. The number of anilines is 1. The predicted octanol–water partition coefficient (Wildman–Crippen LogP) is 2.09. The first kappa shape index (κ1) is 19.2. The number of benzene rings is 1. The third-order valence-electron chi connectivity index (χ3n) is 3.11. The van der Waals surface area contributed by atoms with E-state index >= 15 is 0 Å². The third-order valence-corrected chi connectivity index (χ3v) is 3.11. The first-order chi connectivity index (χ1) is 12.2. The van der Waals surface area contributed by atoms with Gasteiger partial charge in [-0.25, -0.2) is 9.97 Å². The fraction of sp³-hybridized carbons (Fsp3) is 0.333. The van der Waals surface area contributed by atoms with Crippen molar-refractivity contribution in [3.63, 3.8) is 0 Å². The molecule has 0 spiro atoms. The molecule has 1 aromatic heterocycles. The van der Waals surface area contributed by atoms with Crippen LogP contribution in [0.15, 0.2) is 36.7 Å². The SMILES string of the molecule is CC(C)(C)OC(=O)CNc1ccc(OCc2ncccn2)cc1C(=N)N. The number of nitrogen functional groups attached to an aromatic ring is 1. The molecule has 2 aromatic rings. The zero-order valence-electron chi connectivity index (χ0n) is 15.1. The van der Waals surface area contributed by atoms with E-state index in [4.69, 9.17) is 20.6 Å². The smallest absolute Gasteiger partial charge is 0.325 e. The Bertz CT molecular complexity index is 772. The lowest BCUT2D eigenvalue weighted by molar-refractivity contribution is -0.152. The van der Waals surface area contributed by atoms with E-state index in [9.17, 15) is 4.79 Å². The standard InChI is InChI=1S/C18H23N5O3/c1-18(2,3)26-16(24)10-23-14-6-5-12(9-13(14)17(19)20)25-11-15-21-7-4-8-22-15/h4-9,23H,10-11H2,1-3H3,(H3,19,20). The van der Waals surface area contributed by atoms with E-state index in [1.54, 1.807) is 57.4 Å². The molecule has 0 saturated heterocycles. The molecule has 0 aliphatic rings. The Morgan fingerprint density at radius 1 is 1.27 bits per heavy atom. The Hall–Kier alpha value is -3.16. The monoisotopic (exact) mass is 357 g/mol. The molecule has 138 valence electrons. The first-order valence-corrected chi connectivity index (χ1v) is 8.07. The quantitative estimate of drug-likeness (QED) is 0.394. The molecule has 0 aliphatic heterocycles. The van der Waals surface area contributed by atoms with Crippen LogP contribution in [-0.4, -0.2) is 33.9 Å². The highest BCUT2D eigenvalue weighted by Gasteiger charge is 2.16. The summed E-state index contributed by atoms with van der Waals surface area (Å²) in [6.07, 6.45) is 3.27. The van der Waals surface area contributed by atoms with E-state index in [0.29, 0.717) is 22.8 Å². The van der Waals surface area contributed by atoms with E-state index in [1.807, 2.05) is 0 Å². The topological polar surface area (TPSA) is 123 Å². The fourth-order valence-corrected chi connectivity index (χ4v) is 2.09. The van der Waals surface area contributed by atoms with Crippen molar-refractivity contribution in [2.75, 3.05) is 11.9 Å². The van der Waals surface area contributed by atoms with Crippen LogP contribution in [0.3, 0.4) is 0 Å². The second-order valence-corrected chi connectivity index (χ2v) is 6.51. The lowest BCUT2D eigenvalue weighted by atomic mass is 10.1. The Morgan fingerprint density at radius 3 is 2.58 bits per heavy atom. The predicted molar refractivity (Wildman–Crippen MR) is 98.2 cm³/mol. The van der Waals surface area contributed by atoms with Crippen molar-refractivity contribution in [1.82, 2.24) is 9.97 Å². The molecular weight excluding hydrogens is 334 g/mol. The third kappa shape index (κ3) is 6.04. The number of nitrogens with one attached hydrogen (secondary N) is 2. The molecule has 0 bridgehead atoms. The number of nitrogens with zero attached hydrogens (tertiary/aromatic N) is 2. The molecule has 0 aliphatic carbocycles. The van der Waals surface area contributed by atoms with E-state index < -0.39 is 11.6 Å². The summed E-state index contributed by atoms with van der Waals surface area (Å²) in [5.41, 5.74) is 6.07. The molecule has 0 atom stereocenters. The zero-order chi connectivity index (χ0) is 19.2. The Morgan fingerprint density at radius 2 is 1.96 bits per heavy atom. The van der Waals surface area contributed by atoms with E-state index in [1.165, 1.54) is 0 Å². The molecule has 0 saturated carbocycles. The van der Waals surface area contributed by atoms with Crippen molar-refractivity contribution in [1.29, 1.82) is 5.41 Å². The van der Waals surface area contributed by atoms with Crippen molar-refractivity contribution in [3.05, 3.63) is 48.0 Å². The van der Waals surface area contributed by atoms with Gasteiger partial charge in [0.1, 0.15) is 30.3 Å². The molecule has 0 amide bonds. The van der Waals surface area contributed by atoms with Crippen LogP contribution in [0.5, 0.6) is 5.75 Å². The molecule has 0 unspecified atom stereocenters. The van der Waals surface area contributed by atoms with Crippen LogP contribution < -0.4 is 15.8 Å². The molecule has 1 aromatic carbocycles. The number of amidine groups is 1. The summed E-state index contributed by atoms with van der Waals surface area (Å²) in [6, 6.07) is 6.76. The van der Waals surface area contributed by atoms with E-state index in [-0.39, 0.29) is 19.0 Å². The summed E-state index contributed by atoms with van der Waals surface area (Å²) >= 11 is 0. The summed E-state index contributed by atoms with van der Waals surface area (Å²) < 4.78 is 10.9. The highest BCUT2D eigenvalue weighted by atomic mass is 16.6. The van der Waals surface area contributed by atoms with Crippen LogP contribution >= 0.6 is 0 Å². The zero-order valence-corrected chi connectivity index (χ0v) is 15.1. The minimum Gasteiger partial charge on any atom is -0.486 e. The van der Waals surface area contributed by atoms with Crippen LogP contribution in [0.25, 0.3) is 0 Å². The molecule has 0 fully saturated rings. The average molecular weight is 357 g/mol. The van der Waals surface area contributed by atoms with Crippen LogP contribution in [0, 0.1) is 5.41 Å². The number of ether oxygens (including phenoxy) is 2. The number of hydrogen-bond donors (Lipinski definition) is 3. The van der Waals surface area contributed by atoms with Crippen LogP contribution in [0.4, 0.5) is 5.69 Å². The Kier molecular flexibility index (Phi) is 6.11. The van der Waals surface area contributed by atoms with E-state index in [0.717, 1.165) is 0 Å². The highest BCUT2D eigenvalue weighted by Crippen LogP contribution is 2.22. The van der Waals surface area contributed by atoms with Gasteiger partial charge >= 0.3 is 5.97 Å². The number of carbonyl (C=O) groups excluding carboxylic acids is 1. The number of esters is 1. The second-order valence-electron chi connectivity index (χ2n) is 6.51. The molecule has 4 N–H and O–H groups in total. The maximum Gasteiger partial charge on any atom is 0.325 e. The van der Waals surface area contributed by atoms with Gasteiger partial charge < -0.3 is 20.5 Å². The summed E-state index contributed by atoms with van der Waals surface area (Å²) in [5, 5.41) is 10.7. The van der Waals surface area contributed by atoms with Gasteiger partial charge in [0.2, 0.25) is 0 Å². The summed E-state index contributed by atoms with van der Waals surface area (Å²) in [6.45, 7) is 5.57. The van der Waals surface area contributed by atoms with Gasteiger partial charge in [0.15, 0.2) is 5.82 Å². The Labute approximate surface area is 152 Å². The fourth-order valence-electron chi connectivity index (χ4n) is 2.09. The minimum atomic E-state index is -0.556. The van der Waals surface area contributed by atoms with Crippen molar-refractivity contribution in [3.8, 4) is 5.75 Å².